The van der Waals surface area contributed by atoms with Crippen LogP contribution in [0.5, 0.6) is 0 Å². The molecule has 0 rings (SSSR count). The summed E-state index contributed by atoms with van der Waals surface area (Å²) in [6.45, 7) is 2.10. The van der Waals surface area contributed by atoms with Crippen molar-refractivity contribution in [2.75, 3.05) is 6.61 Å². The topological polar surface area (TPSA) is 228 Å². The average Bonchev–Trinajstić information content (AvgIpc) is 2.44. The summed E-state index contributed by atoms with van der Waals surface area (Å²) in [4.78, 5) is 49.4. The summed E-state index contributed by atoms with van der Waals surface area (Å²) >= 11 is 0. The minimum Gasteiger partial charge on any atom is -0.481 e. The average molecular weight is 354 g/mol. The molecule has 0 bridgehead atoms. The lowest BCUT2D eigenvalue weighted by molar-refractivity contribution is -0.158. The van der Waals surface area contributed by atoms with E-state index in [1.165, 1.54) is 6.92 Å². The van der Waals surface area contributed by atoms with E-state index in [0.29, 0.717) is 0 Å². The van der Waals surface area contributed by atoms with Crippen LogP contribution in [0, 0.1) is 0 Å². The molecule has 0 aromatic heterocycles. The standard InChI is InChI=1S/C5H9NO3.C4H6O4.C3H7NO3/c1-3(6)5(8)9-4(2)7;5-3(6)1-2-4(7)8;4-2(1-5)3(6)7/h3H,6H2,1-2H3;1-2H2,(H,5,6)(H,7,8);2,5H,1,4H2,(H,6,7)/t3-;;2-/m0.0/s1. The molecule has 12 nitrogen and oxygen atoms in total. The highest BCUT2D eigenvalue weighted by Crippen LogP contribution is 1.86. The Hall–Kier alpha value is -2.57. The number of carbonyl (C=O) groups excluding carboxylic acids is 2. The number of carboxylic acid groups (broad SMARTS) is 3. The van der Waals surface area contributed by atoms with Gasteiger partial charge in [-0.3, -0.25) is 19.2 Å². The minimum atomic E-state index is -1.18. The number of rotatable bonds is 6. The molecule has 24 heavy (non-hydrogen) atoms. The first-order valence-electron chi connectivity index (χ1n) is 6.35. The number of esters is 2. The third-order valence-corrected chi connectivity index (χ3v) is 1.68. The molecule has 0 aromatic carbocycles. The third-order valence-electron chi connectivity index (χ3n) is 1.68. The van der Waals surface area contributed by atoms with Crippen molar-refractivity contribution >= 4 is 29.8 Å². The molecule has 0 saturated carbocycles. The van der Waals surface area contributed by atoms with E-state index >= 15 is 0 Å². The molecule has 0 aliphatic carbocycles. The van der Waals surface area contributed by atoms with E-state index in [1.54, 1.807) is 0 Å². The summed E-state index contributed by atoms with van der Waals surface area (Å²) in [7, 11) is 0. The van der Waals surface area contributed by atoms with Gasteiger partial charge in [-0.15, -0.1) is 0 Å². The van der Waals surface area contributed by atoms with Gasteiger partial charge in [0.2, 0.25) is 0 Å². The van der Waals surface area contributed by atoms with Gasteiger partial charge in [0.15, 0.2) is 0 Å². The maximum Gasteiger partial charge on any atom is 0.330 e. The molecule has 0 fully saturated rings. The Kier molecular flexibility index (Phi) is 16.8. The van der Waals surface area contributed by atoms with Gasteiger partial charge in [0.1, 0.15) is 12.1 Å². The van der Waals surface area contributed by atoms with Gasteiger partial charge in [-0.25, -0.2) is 4.79 Å². The van der Waals surface area contributed by atoms with Gasteiger partial charge in [0, 0.05) is 6.92 Å². The molecule has 12 heteroatoms. The maximum atomic E-state index is 10.4. The summed E-state index contributed by atoms with van der Waals surface area (Å²) in [6.07, 6.45) is -0.593. The summed E-state index contributed by atoms with van der Waals surface area (Å²) in [5.41, 5.74) is 9.82. The first kappa shape index (κ1) is 26.3. The molecule has 0 aliphatic rings. The SMILES string of the molecule is CC(=O)OC(=O)[C@H](C)N.N[C@@H](CO)C(=O)O.O=C(O)CCC(=O)O. The number of hydrogen-bond acceptors (Lipinski definition) is 9. The normalized spacial score (nSPS) is 11.4. The fourth-order valence-electron chi connectivity index (χ4n) is 0.527. The number of aliphatic carboxylic acids is 3. The molecular weight excluding hydrogens is 332 g/mol. The Balaban J connectivity index is -0.000000278. The molecule has 0 spiro atoms. The summed E-state index contributed by atoms with van der Waals surface area (Å²) < 4.78 is 4.11. The molecule has 0 radical (unpaired) electrons. The molecule has 0 aromatic rings. The summed E-state index contributed by atoms with van der Waals surface area (Å²) in [5, 5.41) is 31.7. The van der Waals surface area contributed by atoms with Gasteiger partial charge in [-0.1, -0.05) is 0 Å². The van der Waals surface area contributed by atoms with Crippen molar-refractivity contribution in [2.24, 2.45) is 11.5 Å². The molecule has 0 unspecified atom stereocenters. The van der Waals surface area contributed by atoms with E-state index in [2.05, 4.69) is 4.74 Å². The number of aliphatic hydroxyl groups is 1. The van der Waals surface area contributed by atoms with E-state index in [-0.39, 0.29) is 12.8 Å². The number of ether oxygens (including phenoxy) is 1. The lowest BCUT2D eigenvalue weighted by Crippen LogP contribution is -2.33. The highest BCUT2D eigenvalue weighted by atomic mass is 16.6. The number of carbonyl (C=O) groups is 5. The molecule has 0 aliphatic heterocycles. The Morgan fingerprint density at radius 2 is 1.33 bits per heavy atom. The van der Waals surface area contributed by atoms with Crippen LogP contribution in [-0.4, -0.2) is 69.0 Å². The minimum absolute atomic E-state index is 0.296. The van der Waals surface area contributed by atoms with Gasteiger partial charge >= 0.3 is 29.8 Å². The maximum absolute atomic E-state index is 10.4. The van der Waals surface area contributed by atoms with Crippen LogP contribution >= 0.6 is 0 Å². The molecule has 0 heterocycles. The Bertz CT molecular complexity index is 422. The zero-order valence-corrected chi connectivity index (χ0v) is 13.2. The molecule has 140 valence electrons. The van der Waals surface area contributed by atoms with E-state index in [9.17, 15) is 24.0 Å². The van der Waals surface area contributed by atoms with Crippen LogP contribution in [0.25, 0.3) is 0 Å². The molecular formula is C12H22N2O10. The predicted octanol–water partition coefficient (Wildman–Crippen LogP) is -2.25. The highest BCUT2D eigenvalue weighted by Gasteiger charge is 2.10. The Morgan fingerprint density at radius 1 is 0.958 bits per heavy atom. The van der Waals surface area contributed by atoms with Gasteiger partial charge in [-0.2, -0.15) is 0 Å². The van der Waals surface area contributed by atoms with Gasteiger partial charge < -0.3 is 36.6 Å². The predicted molar refractivity (Wildman–Crippen MR) is 77.6 cm³/mol. The summed E-state index contributed by atoms with van der Waals surface area (Å²) in [6, 6.07) is -1.85. The van der Waals surface area contributed by atoms with E-state index in [1.807, 2.05) is 0 Å². The number of aliphatic hydroxyl groups excluding tert-OH is 1. The van der Waals surface area contributed by atoms with Crippen LogP contribution in [0.2, 0.25) is 0 Å². The first-order valence-corrected chi connectivity index (χ1v) is 6.35. The van der Waals surface area contributed by atoms with Crippen molar-refractivity contribution in [3.63, 3.8) is 0 Å². The largest absolute Gasteiger partial charge is 0.481 e. The van der Waals surface area contributed by atoms with Crippen molar-refractivity contribution in [1.29, 1.82) is 0 Å². The van der Waals surface area contributed by atoms with Crippen molar-refractivity contribution in [2.45, 2.75) is 38.8 Å². The zero-order chi connectivity index (χ0) is 19.9. The molecule has 2 atom stereocenters. The van der Waals surface area contributed by atoms with Crippen molar-refractivity contribution in [1.82, 2.24) is 0 Å². The van der Waals surface area contributed by atoms with Crippen LogP contribution < -0.4 is 11.5 Å². The Morgan fingerprint density at radius 3 is 1.42 bits per heavy atom. The molecule has 0 amide bonds. The van der Waals surface area contributed by atoms with Crippen molar-refractivity contribution < 1.29 is 49.1 Å². The smallest absolute Gasteiger partial charge is 0.330 e. The van der Waals surface area contributed by atoms with Crippen molar-refractivity contribution in [3.05, 3.63) is 0 Å². The lowest BCUT2D eigenvalue weighted by Gasteiger charge is -2.00. The molecule has 0 saturated heterocycles. The van der Waals surface area contributed by atoms with Gasteiger partial charge in [0.05, 0.1) is 19.4 Å². The van der Waals surface area contributed by atoms with Crippen LogP contribution in [0.1, 0.15) is 26.7 Å². The van der Waals surface area contributed by atoms with E-state index in [4.69, 9.17) is 31.9 Å². The second-order valence-corrected chi connectivity index (χ2v) is 4.12. The lowest BCUT2D eigenvalue weighted by atomic mass is 10.3. The van der Waals surface area contributed by atoms with Gasteiger partial charge in [0.25, 0.3) is 0 Å². The molecule has 8 N–H and O–H groups in total. The highest BCUT2D eigenvalue weighted by molar-refractivity contribution is 5.86. The quantitative estimate of drug-likeness (QED) is 0.219. The third kappa shape index (κ3) is 24.4. The van der Waals surface area contributed by atoms with Crippen LogP contribution in [0.15, 0.2) is 0 Å². The zero-order valence-electron chi connectivity index (χ0n) is 13.2. The number of nitrogens with two attached hydrogens (primary N) is 2. The fourth-order valence-corrected chi connectivity index (χ4v) is 0.527. The van der Waals surface area contributed by atoms with Crippen LogP contribution in [-0.2, 0) is 28.7 Å². The van der Waals surface area contributed by atoms with Crippen LogP contribution in [0.4, 0.5) is 0 Å². The van der Waals surface area contributed by atoms with Gasteiger partial charge in [-0.05, 0) is 6.92 Å². The fraction of sp³-hybridized carbons (Fsp3) is 0.583. The first-order chi connectivity index (χ1) is 10.8. The van der Waals surface area contributed by atoms with Crippen LogP contribution in [0.3, 0.4) is 0 Å². The van der Waals surface area contributed by atoms with E-state index < -0.39 is 48.5 Å². The monoisotopic (exact) mass is 354 g/mol. The summed E-state index contributed by atoms with van der Waals surface area (Å²) in [5.74, 6) is -4.65. The second kappa shape index (κ2) is 15.3. The van der Waals surface area contributed by atoms with E-state index in [0.717, 1.165) is 6.92 Å². The number of carboxylic acids is 3. The van der Waals surface area contributed by atoms with Crippen molar-refractivity contribution in [3.8, 4) is 0 Å². The Labute approximate surface area is 137 Å². The number of hydrogen-bond donors (Lipinski definition) is 6. The second-order valence-electron chi connectivity index (χ2n) is 4.12.